The van der Waals surface area contributed by atoms with Crippen molar-refractivity contribution >= 4 is 70.5 Å². The molecule has 7 aliphatic heterocycles. The Labute approximate surface area is 699 Å². The van der Waals surface area contributed by atoms with Crippen molar-refractivity contribution < 1.29 is 132 Å². The number of carbonyl (C=O) groups is 8. The number of amides is 7. The van der Waals surface area contributed by atoms with E-state index in [4.69, 9.17) is 66.8 Å². The van der Waals surface area contributed by atoms with Crippen LogP contribution in [0.15, 0.2) is 103 Å². The van der Waals surface area contributed by atoms with Gasteiger partial charge in [0.25, 0.3) is 0 Å². The Bertz CT molecular complexity index is 5060. The van der Waals surface area contributed by atoms with E-state index in [0.29, 0.717) is 35.7 Å². The van der Waals surface area contributed by atoms with Crippen molar-refractivity contribution in [2.75, 3.05) is 27.4 Å². The molecule has 18 atom stereocenters. The molecule has 21 N–H and O–H groups in total. The zero-order valence-corrected chi connectivity index (χ0v) is 67.2. The molecule has 648 valence electrons. The Kier molecular flexibility index (Phi) is 27.8. The number of aryl methyl sites for hydroxylation is 1. The van der Waals surface area contributed by atoms with Gasteiger partial charge in [0.1, 0.15) is 102 Å². The maximum Gasteiger partial charge on any atom is 0.330 e. The molecule has 0 saturated carbocycles. The molecule has 0 spiro atoms. The van der Waals surface area contributed by atoms with E-state index >= 15 is 14.4 Å². The fourth-order valence-electron chi connectivity index (χ4n) is 14.8. The van der Waals surface area contributed by atoms with E-state index < -0.39 is 237 Å². The van der Waals surface area contributed by atoms with Crippen molar-refractivity contribution in [3.05, 3.63) is 152 Å². The van der Waals surface area contributed by atoms with Gasteiger partial charge in [0.05, 0.1) is 54.6 Å². The van der Waals surface area contributed by atoms with Crippen LogP contribution < -0.4 is 72.0 Å². The van der Waals surface area contributed by atoms with Gasteiger partial charge in [-0.05, 0) is 134 Å². The molecule has 0 radical (unpaired) electrons. The molecule has 2 saturated heterocycles. The number of likely N-dealkylation sites (N-methyl/N-ethyl adjacent to an activating group) is 1. The summed E-state index contributed by atoms with van der Waals surface area (Å²) >= 11 is 14.3. The van der Waals surface area contributed by atoms with Crippen LogP contribution in [0.5, 0.6) is 57.5 Å². The van der Waals surface area contributed by atoms with Crippen LogP contribution >= 0.6 is 23.2 Å². The average molecular weight is 1720 g/mol. The van der Waals surface area contributed by atoms with E-state index in [1.807, 2.05) is 13.8 Å². The number of aliphatic hydroxyl groups is 7. The van der Waals surface area contributed by atoms with Crippen molar-refractivity contribution in [2.24, 2.45) is 11.7 Å². The highest BCUT2D eigenvalue weighted by atomic mass is 35.5. The van der Waals surface area contributed by atoms with Crippen LogP contribution in [0.25, 0.3) is 11.1 Å². The first-order valence-electron chi connectivity index (χ1n) is 38.3. The molecule has 11 bridgehead atoms. The summed E-state index contributed by atoms with van der Waals surface area (Å²) in [7, 11) is 2.92. The Hall–Kier alpha value is -11.3. The van der Waals surface area contributed by atoms with Gasteiger partial charge in [0, 0.05) is 54.4 Å². The number of ether oxygens (including phenoxy) is 8. The van der Waals surface area contributed by atoms with Gasteiger partial charge in [0.15, 0.2) is 41.4 Å². The zero-order valence-electron chi connectivity index (χ0n) is 65.7. The number of nitrogens with one attached hydrogen (secondary N) is 8. The fourth-order valence-corrected chi connectivity index (χ4v) is 15.2. The minimum Gasteiger partial charge on any atom is -0.508 e. The van der Waals surface area contributed by atoms with Crippen LogP contribution in [0.3, 0.4) is 0 Å². The lowest BCUT2D eigenvalue weighted by Gasteiger charge is -2.48. The molecule has 7 amide bonds. The molecular weight excluding hydrogens is 1630 g/mol. The first-order valence-corrected chi connectivity index (χ1v) is 39.0. The number of phenols is 3. The van der Waals surface area contributed by atoms with Gasteiger partial charge < -0.3 is 142 Å². The van der Waals surface area contributed by atoms with Crippen molar-refractivity contribution in [1.29, 1.82) is 0 Å². The van der Waals surface area contributed by atoms with Crippen LogP contribution in [0.1, 0.15) is 123 Å². The van der Waals surface area contributed by atoms with Crippen LogP contribution in [0.4, 0.5) is 0 Å². The molecule has 8 heterocycles. The second-order valence-electron chi connectivity index (χ2n) is 30.3. The molecule has 2 fully saturated rings. The third-order valence-electron chi connectivity index (χ3n) is 21.2. The van der Waals surface area contributed by atoms with E-state index in [-0.39, 0.29) is 66.0 Å². The maximum atomic E-state index is 16.2. The molecule has 121 heavy (non-hydrogen) atoms. The molecule has 6 aromatic carbocycles. The van der Waals surface area contributed by atoms with Crippen LogP contribution in [0.2, 0.25) is 10.0 Å². The number of nitrogens with zero attached hydrogens (tertiary/aromatic N) is 3. The highest BCUT2D eigenvalue weighted by Gasteiger charge is 2.52. The number of fused-ring (bicyclic) bond motifs is 15. The second-order valence-corrected chi connectivity index (χ2v) is 31.1. The molecule has 7 aliphatic rings. The lowest BCUT2D eigenvalue weighted by Crippen LogP contribution is -2.65. The summed E-state index contributed by atoms with van der Waals surface area (Å²) in [5.74, 6) is -15.5. The minimum absolute atomic E-state index is 0.0264. The van der Waals surface area contributed by atoms with Gasteiger partial charge >= 0.3 is 5.97 Å². The number of nitrogens with two attached hydrogens (primary N) is 1. The third-order valence-corrected chi connectivity index (χ3v) is 21.8. The van der Waals surface area contributed by atoms with E-state index in [2.05, 4.69) is 52.8 Å². The summed E-state index contributed by atoms with van der Waals surface area (Å²) < 4.78 is 52.8. The zero-order chi connectivity index (χ0) is 87.3. The van der Waals surface area contributed by atoms with Gasteiger partial charge in [-0.15, -0.1) is 5.10 Å². The Balaban J connectivity index is 1.01. The molecular formula is C80H92Cl2N12O27. The maximum absolute atomic E-state index is 16.2. The quantitative estimate of drug-likeness (QED) is 0.0431. The number of methoxy groups -OCH3 is 1. The van der Waals surface area contributed by atoms with Crippen molar-refractivity contribution in [3.63, 3.8) is 0 Å². The molecule has 0 aliphatic carbocycles. The highest BCUT2D eigenvalue weighted by molar-refractivity contribution is 6.32. The number of phenolic OH excluding ortho intramolecular Hbond substituents is 3. The van der Waals surface area contributed by atoms with Gasteiger partial charge in [0.2, 0.25) is 53.4 Å². The smallest absolute Gasteiger partial charge is 0.330 e. The number of benzene rings is 6. The van der Waals surface area contributed by atoms with Gasteiger partial charge in [-0.1, -0.05) is 66.5 Å². The van der Waals surface area contributed by atoms with Gasteiger partial charge in [-0.25, -0.2) is 4.79 Å². The predicted octanol–water partition coefficient (Wildman–Crippen LogP) is 1.50. The molecule has 39 nitrogen and oxygen atoms in total. The minimum atomic E-state index is -2.38. The lowest BCUT2D eigenvalue weighted by molar-refractivity contribution is -0.334. The number of rotatable bonds is 23. The fraction of sp³-hybridized carbons (Fsp3) is 0.425. The second kappa shape index (κ2) is 37.8. The lowest BCUT2D eigenvalue weighted by atomic mass is 9.84. The normalized spacial score (nSPS) is 26.5. The number of carbonyl (C=O) groups excluding carboxylic acids is 7. The number of aromatic nitrogens is 3. The summed E-state index contributed by atoms with van der Waals surface area (Å²) in [6.07, 6.45) is -16.9. The number of hydrogen-bond acceptors (Lipinski definition) is 30. The van der Waals surface area contributed by atoms with E-state index in [0.717, 1.165) is 66.7 Å². The van der Waals surface area contributed by atoms with Crippen LogP contribution in [-0.2, 0) is 72.3 Å². The average Bonchev–Trinajstić information content (AvgIpc) is 0.977. The molecule has 41 heteroatoms. The van der Waals surface area contributed by atoms with Crippen molar-refractivity contribution in [2.45, 2.75) is 182 Å². The summed E-state index contributed by atoms with van der Waals surface area (Å²) in [4.78, 5) is 118. The SMILES string of the molecule is CN[C@H](CC(C)C)C(=O)N[C@H]1C(=O)N[C@@H](CC(N)=O)C(=O)N[C@H]2C(=O)N[C@H]3C(=O)N[C@H](C(=O)N[C@H](C(=O)O)c4cc(O)cc(O)c4-c4cc3ccc4O)[C@H](O)c3ccc(c(Cl)c3)Oc3cc2cc(c3O[C@@H]2O[C@H](CO)[C@@H](O)[C@H](O)[C@H]2O[C@H]2C[C@](C)(NCc3ccc(OCc4cn(CCCO)nn4)c(OC)c3)[C@H](O)[C@H](C)O2)Oc2ccc(cc2Cl)[C@H]1O. The number of carboxylic acids is 1. The first-order chi connectivity index (χ1) is 57.6. The van der Waals surface area contributed by atoms with Crippen molar-refractivity contribution in [1.82, 2.24) is 57.5 Å². The molecule has 1 aromatic heterocycles. The predicted molar refractivity (Wildman–Crippen MR) is 421 cm³/mol. The number of aliphatic hydroxyl groups excluding tert-OH is 7. The Morgan fingerprint density at radius 1 is 0.736 bits per heavy atom. The van der Waals surface area contributed by atoms with Crippen LogP contribution in [-0.4, -0.2) is 225 Å². The van der Waals surface area contributed by atoms with E-state index in [9.17, 15) is 80.1 Å². The van der Waals surface area contributed by atoms with Gasteiger partial charge in [-0.3, -0.25) is 38.2 Å². The Morgan fingerprint density at radius 2 is 1.40 bits per heavy atom. The monoisotopic (exact) mass is 1720 g/mol. The number of aliphatic carboxylic acids is 1. The molecule has 0 unspecified atom stereocenters. The molecule has 7 aromatic rings. The standard InChI is InChI=1S/C80H92Cl2N12O27/c1-33(2)18-46(84-5)72(106)90-63-65(101)37-10-14-50(44(81)21-37)117-54-23-39-24-55(69(54)121-79-70(68(104)67(103)56(31-96)119-79)120-58-28-80(4,71(105)34(3)116-58)85-29-35-8-13-52(53(19-35)114-6)115-32-40-30-94(93-92-40)16-7-17-95)118-51-15-11-38(22-45(51)82)66(102)64-77(111)89-62(78(112)113)43-25-41(97)26-49(99)59(43)42-20-36(9-12-48(42)98)60(74(108)91-64)88-75(109)61(39)87-73(107)47(27-57(83)100)86-76(63)110/h8-15,19-26,30,33-34,46-47,56,58,60-68,70-71,79,84-85,95-99,101-105H,7,16-18,27-29,31-32H2,1-6H3,(H2,83,100)(H,86,110)(H,87,107)(H,88,109)(H,89,111)(H,90,106)(H,91,108)(H,112,113)/t34-,46+,47-,56+,58-,60+,61+,62-,63+,64-,65+,66+,67+,68-,70+,71+,79-,80-/m0/s1. The van der Waals surface area contributed by atoms with Gasteiger partial charge in [-0.2, -0.15) is 0 Å². The number of halogens is 2. The summed E-state index contributed by atoms with van der Waals surface area (Å²) in [6.45, 7) is 6.37. The van der Waals surface area contributed by atoms with E-state index in [1.54, 1.807) is 42.9 Å². The summed E-state index contributed by atoms with van der Waals surface area (Å²) in [5.41, 5.74) is 2.69. The number of primary amides is 1. The summed E-state index contributed by atoms with van der Waals surface area (Å²) in [5, 5.41) is 154. The Morgan fingerprint density at radius 3 is 2.03 bits per heavy atom. The number of hydrogen-bond donors (Lipinski definition) is 20. The largest absolute Gasteiger partial charge is 0.508 e. The highest BCUT2D eigenvalue weighted by Crippen LogP contribution is 2.50. The number of carboxylic acid groups (broad SMARTS) is 1. The third kappa shape index (κ3) is 19.9. The number of aromatic hydroxyl groups is 3. The first kappa shape index (κ1) is 89.0. The summed E-state index contributed by atoms with van der Waals surface area (Å²) in [6, 6.07) is 4.28. The topological polar surface area (TPSA) is 586 Å². The van der Waals surface area contributed by atoms with E-state index in [1.165, 1.54) is 26.3 Å². The van der Waals surface area contributed by atoms with Crippen molar-refractivity contribution in [3.8, 4) is 68.6 Å². The molecule has 14 rings (SSSR count). The van der Waals surface area contributed by atoms with Crippen LogP contribution in [0, 0.1) is 5.92 Å².